The Bertz CT molecular complexity index is 572. The second kappa shape index (κ2) is 6.89. The fraction of sp³-hybridized carbons (Fsp3) is 0.467. The van der Waals surface area contributed by atoms with Gasteiger partial charge in [0, 0.05) is 13.5 Å². The fourth-order valence-corrected chi connectivity index (χ4v) is 2.22. The summed E-state index contributed by atoms with van der Waals surface area (Å²) in [7, 11) is 1.59. The summed E-state index contributed by atoms with van der Waals surface area (Å²) in [4.78, 5) is 24.5. The number of benzene rings is 1. The number of carbonyl (C=O) groups is 2. The largest absolute Gasteiger partial charge is 0.492 e. The van der Waals surface area contributed by atoms with E-state index in [9.17, 15) is 22.8 Å². The minimum Gasteiger partial charge on any atom is -0.492 e. The third-order valence-corrected chi connectivity index (χ3v) is 3.55. The second-order valence-electron chi connectivity index (χ2n) is 5.29. The Kier molecular flexibility index (Phi) is 5.12. The van der Waals surface area contributed by atoms with Crippen LogP contribution in [0.25, 0.3) is 0 Å². The van der Waals surface area contributed by atoms with Crippen LogP contribution in [0.15, 0.2) is 24.3 Å². The molecule has 1 aromatic carbocycles. The Morgan fingerprint density at radius 1 is 1.35 bits per heavy atom. The number of ether oxygens (including phenoxy) is 1. The molecule has 1 aliphatic heterocycles. The number of alkyl halides is 3. The SMILES string of the molecule is CN(CCOc1ccc(C(F)(F)F)cc1)C(=O)[C@H]1CCC(=O)N1. The predicted molar refractivity (Wildman–Crippen MR) is 75.7 cm³/mol. The lowest BCUT2D eigenvalue weighted by Gasteiger charge is -2.21. The standard InChI is InChI=1S/C15H17F3N2O3/c1-20(14(22)12-6-7-13(21)19-12)8-9-23-11-4-2-10(3-5-11)15(16,17)18/h2-5,12H,6-9H2,1H3,(H,19,21)/t12-/m1/s1. The Hall–Kier alpha value is -2.25. The molecule has 2 amide bonds. The molecule has 1 atom stereocenters. The Balaban J connectivity index is 1.78. The number of hydrogen-bond donors (Lipinski definition) is 1. The number of halogens is 3. The number of likely N-dealkylation sites (N-methyl/N-ethyl adjacent to an activating group) is 1. The van der Waals surface area contributed by atoms with Crippen molar-refractivity contribution < 1.29 is 27.5 Å². The maximum absolute atomic E-state index is 12.4. The third-order valence-electron chi connectivity index (χ3n) is 3.55. The molecule has 0 bridgehead atoms. The molecular weight excluding hydrogens is 313 g/mol. The molecule has 23 heavy (non-hydrogen) atoms. The van der Waals surface area contributed by atoms with Crippen LogP contribution < -0.4 is 10.1 Å². The fourth-order valence-electron chi connectivity index (χ4n) is 2.22. The molecule has 1 heterocycles. The van der Waals surface area contributed by atoms with Crippen LogP contribution in [-0.2, 0) is 15.8 Å². The highest BCUT2D eigenvalue weighted by Gasteiger charge is 2.30. The number of carbonyl (C=O) groups excluding carboxylic acids is 2. The maximum Gasteiger partial charge on any atom is 0.416 e. The van der Waals surface area contributed by atoms with Gasteiger partial charge in [0.25, 0.3) is 0 Å². The number of nitrogens with zero attached hydrogens (tertiary/aromatic N) is 1. The monoisotopic (exact) mass is 330 g/mol. The summed E-state index contributed by atoms with van der Waals surface area (Å²) in [6.45, 7) is 0.417. The van der Waals surface area contributed by atoms with Crippen LogP contribution in [0.5, 0.6) is 5.75 Å². The van der Waals surface area contributed by atoms with E-state index >= 15 is 0 Å². The lowest BCUT2D eigenvalue weighted by atomic mass is 10.2. The molecule has 0 radical (unpaired) electrons. The smallest absolute Gasteiger partial charge is 0.416 e. The molecule has 0 aromatic heterocycles. The van der Waals surface area contributed by atoms with Crippen molar-refractivity contribution in [3.05, 3.63) is 29.8 Å². The van der Waals surface area contributed by atoms with Gasteiger partial charge in [-0.1, -0.05) is 0 Å². The highest BCUT2D eigenvalue weighted by molar-refractivity contribution is 5.90. The minimum absolute atomic E-state index is 0.141. The molecule has 1 fully saturated rings. The van der Waals surface area contributed by atoms with Crippen molar-refractivity contribution in [3.8, 4) is 5.75 Å². The summed E-state index contributed by atoms with van der Waals surface area (Å²) in [6.07, 6.45) is -3.56. The topological polar surface area (TPSA) is 58.6 Å². The molecule has 2 rings (SSSR count). The Morgan fingerprint density at radius 2 is 2.00 bits per heavy atom. The lowest BCUT2D eigenvalue weighted by Crippen LogP contribution is -2.43. The summed E-state index contributed by atoms with van der Waals surface area (Å²) < 4.78 is 42.6. The van der Waals surface area contributed by atoms with Crippen LogP contribution in [0.4, 0.5) is 13.2 Å². The van der Waals surface area contributed by atoms with E-state index in [0.717, 1.165) is 12.1 Å². The molecule has 0 spiro atoms. The van der Waals surface area contributed by atoms with Crippen molar-refractivity contribution in [2.24, 2.45) is 0 Å². The summed E-state index contributed by atoms with van der Waals surface area (Å²) in [5, 5.41) is 2.59. The predicted octanol–water partition coefficient (Wildman–Crippen LogP) is 1.82. The Labute approximate surface area is 131 Å². The average molecular weight is 330 g/mol. The van der Waals surface area contributed by atoms with Gasteiger partial charge in [0.2, 0.25) is 11.8 Å². The number of nitrogens with one attached hydrogen (secondary N) is 1. The summed E-state index contributed by atoms with van der Waals surface area (Å²) in [5.41, 5.74) is -0.742. The van der Waals surface area contributed by atoms with Crippen LogP contribution in [0.3, 0.4) is 0 Å². The zero-order valence-electron chi connectivity index (χ0n) is 12.5. The first-order chi connectivity index (χ1) is 10.8. The van der Waals surface area contributed by atoms with E-state index < -0.39 is 17.8 Å². The van der Waals surface area contributed by atoms with Gasteiger partial charge in [-0.05, 0) is 30.7 Å². The number of hydrogen-bond acceptors (Lipinski definition) is 3. The van der Waals surface area contributed by atoms with Gasteiger partial charge in [-0.3, -0.25) is 9.59 Å². The van der Waals surface area contributed by atoms with E-state index in [-0.39, 0.29) is 25.0 Å². The van der Waals surface area contributed by atoms with Gasteiger partial charge in [-0.15, -0.1) is 0 Å². The van der Waals surface area contributed by atoms with E-state index in [1.807, 2.05) is 0 Å². The first kappa shape index (κ1) is 17.1. The van der Waals surface area contributed by atoms with Gasteiger partial charge in [0.15, 0.2) is 0 Å². The van der Waals surface area contributed by atoms with Crippen LogP contribution in [0.1, 0.15) is 18.4 Å². The highest BCUT2D eigenvalue weighted by Crippen LogP contribution is 2.30. The van der Waals surface area contributed by atoms with Crippen LogP contribution in [0.2, 0.25) is 0 Å². The second-order valence-corrected chi connectivity index (χ2v) is 5.29. The van der Waals surface area contributed by atoms with Gasteiger partial charge >= 0.3 is 6.18 Å². The van der Waals surface area contributed by atoms with Crippen molar-refractivity contribution in [3.63, 3.8) is 0 Å². The molecule has 8 heteroatoms. The lowest BCUT2D eigenvalue weighted by molar-refractivity contribution is -0.137. The van der Waals surface area contributed by atoms with E-state index in [4.69, 9.17) is 4.74 Å². The van der Waals surface area contributed by atoms with Gasteiger partial charge in [-0.2, -0.15) is 13.2 Å². The van der Waals surface area contributed by atoms with Crippen LogP contribution in [0, 0.1) is 0 Å². The molecule has 0 unspecified atom stereocenters. The molecule has 1 aromatic rings. The van der Waals surface area contributed by atoms with Crippen molar-refractivity contribution in [1.82, 2.24) is 10.2 Å². The van der Waals surface area contributed by atoms with Gasteiger partial charge in [0.1, 0.15) is 18.4 Å². The van der Waals surface area contributed by atoms with E-state index in [0.29, 0.717) is 18.6 Å². The van der Waals surface area contributed by atoms with Crippen molar-refractivity contribution >= 4 is 11.8 Å². The zero-order chi connectivity index (χ0) is 17.0. The van der Waals surface area contributed by atoms with E-state index in [2.05, 4.69) is 5.32 Å². The molecular formula is C15H17F3N2O3. The summed E-state index contributed by atoms with van der Waals surface area (Å²) >= 11 is 0. The molecule has 0 saturated carbocycles. The van der Waals surface area contributed by atoms with Crippen molar-refractivity contribution in [2.75, 3.05) is 20.2 Å². The normalized spacial score (nSPS) is 17.7. The molecule has 1 aliphatic rings. The van der Waals surface area contributed by atoms with Crippen molar-refractivity contribution in [2.45, 2.75) is 25.1 Å². The van der Waals surface area contributed by atoms with Gasteiger partial charge in [0.05, 0.1) is 12.1 Å². The maximum atomic E-state index is 12.4. The molecule has 1 saturated heterocycles. The molecule has 5 nitrogen and oxygen atoms in total. The minimum atomic E-state index is -4.38. The first-order valence-corrected chi connectivity index (χ1v) is 7.12. The summed E-state index contributed by atoms with van der Waals surface area (Å²) in [5.74, 6) is -0.0439. The van der Waals surface area contributed by atoms with Gasteiger partial charge < -0.3 is 15.0 Å². The highest BCUT2D eigenvalue weighted by atomic mass is 19.4. The number of amides is 2. The summed E-state index contributed by atoms with van der Waals surface area (Å²) in [6, 6.07) is 3.86. The molecule has 126 valence electrons. The third kappa shape index (κ3) is 4.61. The van der Waals surface area contributed by atoms with E-state index in [1.54, 1.807) is 7.05 Å². The molecule has 1 N–H and O–H groups in total. The van der Waals surface area contributed by atoms with Crippen LogP contribution in [-0.4, -0.2) is 43.0 Å². The Morgan fingerprint density at radius 3 is 2.52 bits per heavy atom. The van der Waals surface area contributed by atoms with Crippen molar-refractivity contribution in [1.29, 1.82) is 0 Å². The molecule has 0 aliphatic carbocycles. The quantitative estimate of drug-likeness (QED) is 0.896. The van der Waals surface area contributed by atoms with E-state index in [1.165, 1.54) is 17.0 Å². The van der Waals surface area contributed by atoms with Gasteiger partial charge in [-0.25, -0.2) is 0 Å². The zero-order valence-corrected chi connectivity index (χ0v) is 12.5. The number of rotatable bonds is 5. The average Bonchev–Trinajstić information content (AvgIpc) is 2.92. The van der Waals surface area contributed by atoms with Crippen LogP contribution >= 0.6 is 0 Å². The first-order valence-electron chi connectivity index (χ1n) is 7.12.